The molecule has 5 nitrogen and oxygen atoms in total. The van der Waals surface area contributed by atoms with E-state index in [0.29, 0.717) is 24.2 Å². The zero-order valence-electron chi connectivity index (χ0n) is 13.7. The fourth-order valence-corrected chi connectivity index (χ4v) is 2.99. The topological polar surface area (TPSA) is 60.2 Å². The molecule has 1 aromatic heterocycles. The van der Waals surface area contributed by atoms with Gasteiger partial charge in [0.1, 0.15) is 0 Å². The van der Waals surface area contributed by atoms with Crippen LogP contribution in [0.3, 0.4) is 0 Å². The molecule has 1 aromatic carbocycles. The molecule has 0 N–H and O–H groups in total. The molecular weight excluding hydrogens is 300 g/mol. The van der Waals surface area contributed by atoms with Gasteiger partial charge in [-0.05, 0) is 43.3 Å². The summed E-state index contributed by atoms with van der Waals surface area (Å²) in [5, 5.41) is 8.83. The van der Waals surface area contributed by atoms with Crippen molar-refractivity contribution < 1.29 is 4.79 Å². The van der Waals surface area contributed by atoms with Crippen LogP contribution in [0.1, 0.15) is 34.6 Å². The first-order valence-electron chi connectivity index (χ1n) is 8.13. The summed E-state index contributed by atoms with van der Waals surface area (Å²) in [6.45, 7) is 5.23. The van der Waals surface area contributed by atoms with E-state index in [9.17, 15) is 4.79 Å². The molecule has 2 heterocycles. The number of carbonyl (C=O) groups is 1. The van der Waals surface area contributed by atoms with Crippen LogP contribution in [0.4, 0.5) is 0 Å². The van der Waals surface area contributed by atoms with Crippen LogP contribution in [-0.4, -0.2) is 46.9 Å². The number of benzene rings is 1. The minimum atomic E-state index is 0.0321. The van der Waals surface area contributed by atoms with Crippen LogP contribution >= 0.6 is 0 Å². The Bertz CT molecular complexity index is 728. The lowest BCUT2D eigenvalue weighted by Gasteiger charge is -2.37. The third-order valence-electron chi connectivity index (χ3n) is 4.53. The van der Waals surface area contributed by atoms with Gasteiger partial charge in [0.15, 0.2) is 0 Å². The Morgan fingerprint density at radius 3 is 2.42 bits per heavy atom. The molecule has 1 aliphatic heterocycles. The fraction of sp³-hybridized carbons (Fsp3) is 0.316. The second-order valence-electron chi connectivity index (χ2n) is 5.95. The lowest BCUT2D eigenvalue weighted by molar-refractivity contribution is 0.0579. The van der Waals surface area contributed by atoms with E-state index >= 15 is 0 Å². The van der Waals surface area contributed by atoms with Crippen LogP contribution in [0.5, 0.6) is 0 Å². The molecule has 2 aromatic rings. The Labute approximate surface area is 142 Å². The first kappa shape index (κ1) is 16.2. The molecule has 1 aliphatic rings. The van der Waals surface area contributed by atoms with E-state index in [1.54, 1.807) is 24.3 Å². The van der Waals surface area contributed by atoms with E-state index in [1.807, 2.05) is 29.3 Å². The van der Waals surface area contributed by atoms with Gasteiger partial charge in [0, 0.05) is 44.0 Å². The second-order valence-corrected chi connectivity index (χ2v) is 5.95. The minimum Gasteiger partial charge on any atom is -0.336 e. The van der Waals surface area contributed by atoms with Gasteiger partial charge in [-0.25, -0.2) is 0 Å². The third-order valence-corrected chi connectivity index (χ3v) is 4.53. The van der Waals surface area contributed by atoms with Gasteiger partial charge in [-0.1, -0.05) is 6.07 Å². The van der Waals surface area contributed by atoms with Crippen molar-refractivity contribution in [3.63, 3.8) is 0 Å². The van der Waals surface area contributed by atoms with Crippen LogP contribution in [0.15, 0.2) is 48.7 Å². The molecule has 0 unspecified atom stereocenters. The standard InChI is InChI=1S/C19H20N4O/c1-15(18-4-2-3-9-21-18)22-10-12-23(13-11-22)19(24)17-7-5-16(14-20)6-8-17/h2-9,15H,10-13H2,1H3/t15-/m1/s1. The van der Waals surface area contributed by atoms with Crippen molar-refractivity contribution in [1.82, 2.24) is 14.8 Å². The van der Waals surface area contributed by atoms with Crippen molar-refractivity contribution in [3.05, 3.63) is 65.5 Å². The monoisotopic (exact) mass is 320 g/mol. The molecule has 0 radical (unpaired) electrons. The summed E-state index contributed by atoms with van der Waals surface area (Å²) in [4.78, 5) is 21.2. The maximum atomic E-state index is 12.6. The van der Waals surface area contributed by atoms with Crippen molar-refractivity contribution in [2.45, 2.75) is 13.0 Å². The number of amides is 1. The highest BCUT2D eigenvalue weighted by Gasteiger charge is 2.25. The average Bonchev–Trinajstić information content (AvgIpc) is 2.68. The van der Waals surface area contributed by atoms with Gasteiger partial charge < -0.3 is 4.90 Å². The van der Waals surface area contributed by atoms with Gasteiger partial charge in [-0.15, -0.1) is 0 Å². The number of hydrogen-bond acceptors (Lipinski definition) is 4. The van der Waals surface area contributed by atoms with Gasteiger partial charge in [-0.3, -0.25) is 14.7 Å². The Balaban J connectivity index is 1.60. The summed E-state index contributed by atoms with van der Waals surface area (Å²) < 4.78 is 0. The lowest BCUT2D eigenvalue weighted by Crippen LogP contribution is -2.49. The normalized spacial score (nSPS) is 16.4. The molecule has 1 amide bonds. The molecule has 0 spiro atoms. The van der Waals surface area contributed by atoms with Crippen molar-refractivity contribution in [3.8, 4) is 6.07 Å². The number of nitrogens with zero attached hydrogens (tertiary/aromatic N) is 4. The van der Waals surface area contributed by atoms with Gasteiger partial charge >= 0.3 is 0 Å². The average molecular weight is 320 g/mol. The summed E-state index contributed by atoms with van der Waals surface area (Å²) in [5.74, 6) is 0.0321. The number of pyridine rings is 1. The Morgan fingerprint density at radius 2 is 1.83 bits per heavy atom. The van der Waals surface area contributed by atoms with Crippen molar-refractivity contribution in [2.75, 3.05) is 26.2 Å². The Hall–Kier alpha value is -2.71. The molecule has 0 aliphatic carbocycles. The predicted molar refractivity (Wildman–Crippen MR) is 91.3 cm³/mol. The molecule has 3 rings (SSSR count). The molecule has 1 fully saturated rings. The van der Waals surface area contributed by atoms with Gasteiger partial charge in [0.05, 0.1) is 17.3 Å². The quantitative estimate of drug-likeness (QED) is 0.872. The number of carbonyl (C=O) groups excluding carboxylic acids is 1. The summed E-state index contributed by atoms with van der Waals surface area (Å²) in [6.07, 6.45) is 1.82. The Kier molecular flexibility index (Phi) is 4.88. The molecule has 0 bridgehead atoms. The van der Waals surface area contributed by atoms with Gasteiger partial charge in [0.25, 0.3) is 5.91 Å². The number of hydrogen-bond donors (Lipinski definition) is 0. The van der Waals surface area contributed by atoms with E-state index in [4.69, 9.17) is 5.26 Å². The smallest absolute Gasteiger partial charge is 0.253 e. The molecule has 1 saturated heterocycles. The molecule has 122 valence electrons. The van der Waals surface area contributed by atoms with Crippen LogP contribution in [0.25, 0.3) is 0 Å². The maximum Gasteiger partial charge on any atom is 0.253 e. The van der Waals surface area contributed by atoms with Crippen LogP contribution in [-0.2, 0) is 0 Å². The minimum absolute atomic E-state index is 0.0321. The largest absolute Gasteiger partial charge is 0.336 e. The number of aromatic nitrogens is 1. The summed E-state index contributed by atoms with van der Waals surface area (Å²) in [6, 6.07) is 15.1. The van der Waals surface area contributed by atoms with E-state index in [1.165, 1.54) is 0 Å². The maximum absolute atomic E-state index is 12.6. The van der Waals surface area contributed by atoms with Crippen molar-refractivity contribution >= 4 is 5.91 Å². The van der Waals surface area contributed by atoms with Crippen LogP contribution in [0, 0.1) is 11.3 Å². The van der Waals surface area contributed by atoms with E-state index in [2.05, 4.69) is 22.9 Å². The van der Waals surface area contributed by atoms with Crippen molar-refractivity contribution in [2.24, 2.45) is 0 Å². The third kappa shape index (κ3) is 3.44. The molecular formula is C19H20N4O. The zero-order chi connectivity index (χ0) is 16.9. The van der Waals surface area contributed by atoms with Crippen molar-refractivity contribution in [1.29, 1.82) is 5.26 Å². The summed E-state index contributed by atoms with van der Waals surface area (Å²) >= 11 is 0. The highest BCUT2D eigenvalue weighted by atomic mass is 16.2. The first-order chi connectivity index (χ1) is 11.7. The van der Waals surface area contributed by atoms with Gasteiger partial charge in [0.2, 0.25) is 0 Å². The number of nitriles is 1. The highest BCUT2D eigenvalue weighted by molar-refractivity contribution is 5.94. The molecule has 1 atom stereocenters. The van der Waals surface area contributed by atoms with Crippen LogP contribution in [0.2, 0.25) is 0 Å². The lowest BCUT2D eigenvalue weighted by atomic mass is 10.1. The Morgan fingerprint density at radius 1 is 1.12 bits per heavy atom. The molecule has 24 heavy (non-hydrogen) atoms. The summed E-state index contributed by atoms with van der Waals surface area (Å²) in [7, 11) is 0. The van der Waals surface area contributed by atoms with E-state index < -0.39 is 0 Å². The highest BCUT2D eigenvalue weighted by Crippen LogP contribution is 2.20. The number of rotatable bonds is 3. The van der Waals surface area contributed by atoms with E-state index in [0.717, 1.165) is 18.8 Å². The number of piperazine rings is 1. The van der Waals surface area contributed by atoms with E-state index in [-0.39, 0.29) is 11.9 Å². The second kappa shape index (κ2) is 7.24. The summed E-state index contributed by atoms with van der Waals surface area (Å²) in [5.41, 5.74) is 2.27. The molecule has 0 saturated carbocycles. The first-order valence-corrected chi connectivity index (χ1v) is 8.13. The zero-order valence-corrected chi connectivity index (χ0v) is 13.7. The molecule has 5 heteroatoms. The predicted octanol–water partition coefficient (Wildman–Crippen LogP) is 2.47. The fourth-order valence-electron chi connectivity index (χ4n) is 2.99. The SMILES string of the molecule is C[C@H](c1ccccn1)N1CCN(C(=O)c2ccc(C#N)cc2)CC1. The van der Waals surface area contributed by atoms with Gasteiger partial charge in [-0.2, -0.15) is 5.26 Å². The van der Waals surface area contributed by atoms with Crippen LogP contribution < -0.4 is 0 Å².